The highest BCUT2D eigenvalue weighted by molar-refractivity contribution is 8.00. The first-order chi connectivity index (χ1) is 7.77. The molecule has 0 aromatic heterocycles. The molecule has 0 amide bonds. The molecule has 1 aliphatic rings. The van der Waals surface area contributed by atoms with E-state index in [1.165, 1.54) is 38.5 Å². The van der Waals surface area contributed by atoms with E-state index >= 15 is 0 Å². The van der Waals surface area contributed by atoms with E-state index in [9.17, 15) is 5.11 Å². The molecule has 0 aromatic carbocycles. The third-order valence-corrected chi connectivity index (χ3v) is 4.86. The van der Waals surface area contributed by atoms with Gasteiger partial charge in [-0.3, -0.25) is 0 Å². The van der Waals surface area contributed by atoms with Crippen LogP contribution in [-0.4, -0.2) is 47.0 Å². The highest BCUT2D eigenvalue weighted by atomic mass is 32.2. The van der Waals surface area contributed by atoms with Gasteiger partial charge in [0, 0.05) is 17.0 Å². The normalized spacial score (nSPS) is 29.4. The van der Waals surface area contributed by atoms with Gasteiger partial charge in [0.25, 0.3) is 0 Å². The predicted molar refractivity (Wildman–Crippen MR) is 69.9 cm³/mol. The lowest BCUT2D eigenvalue weighted by Crippen LogP contribution is -2.37. The molecule has 0 saturated heterocycles. The SMILES string of the molecule is CNC1CCCCCCC1SCC(O)CO. The molecule has 1 rings (SSSR count). The first-order valence-electron chi connectivity index (χ1n) is 6.35. The van der Waals surface area contributed by atoms with Crippen LogP contribution in [0, 0.1) is 0 Å². The summed E-state index contributed by atoms with van der Waals surface area (Å²) in [6.07, 6.45) is 7.21. The maximum absolute atomic E-state index is 9.38. The predicted octanol–water partition coefficient (Wildman–Crippen LogP) is 1.38. The summed E-state index contributed by atoms with van der Waals surface area (Å²) in [5.41, 5.74) is 0. The molecular weight excluding hydrogens is 222 g/mol. The number of rotatable bonds is 5. The van der Waals surface area contributed by atoms with Gasteiger partial charge in [-0.15, -0.1) is 0 Å². The highest BCUT2D eigenvalue weighted by Gasteiger charge is 2.22. The van der Waals surface area contributed by atoms with Crippen molar-refractivity contribution in [2.75, 3.05) is 19.4 Å². The zero-order valence-corrected chi connectivity index (χ0v) is 11.0. The lowest BCUT2D eigenvalue weighted by Gasteiger charge is -2.29. The first kappa shape index (κ1) is 14.3. The number of aliphatic hydroxyl groups is 2. The molecular formula is C12H25NO2S. The van der Waals surface area contributed by atoms with Gasteiger partial charge in [0.2, 0.25) is 0 Å². The van der Waals surface area contributed by atoms with E-state index in [1.807, 2.05) is 18.8 Å². The molecule has 16 heavy (non-hydrogen) atoms. The number of nitrogens with one attached hydrogen (secondary N) is 1. The lowest BCUT2D eigenvalue weighted by atomic mass is 9.96. The summed E-state index contributed by atoms with van der Waals surface area (Å²) in [6.45, 7) is -0.121. The van der Waals surface area contributed by atoms with E-state index in [2.05, 4.69) is 5.32 Å². The van der Waals surface area contributed by atoms with Crippen LogP contribution in [0.4, 0.5) is 0 Å². The maximum atomic E-state index is 9.38. The molecule has 1 aliphatic carbocycles. The number of hydrogen-bond acceptors (Lipinski definition) is 4. The van der Waals surface area contributed by atoms with Crippen LogP contribution in [0.25, 0.3) is 0 Å². The zero-order chi connectivity index (χ0) is 11.8. The van der Waals surface area contributed by atoms with Crippen molar-refractivity contribution in [3.8, 4) is 0 Å². The Kier molecular flexibility index (Phi) is 7.45. The molecule has 3 atom stereocenters. The smallest absolute Gasteiger partial charge is 0.0861 e. The van der Waals surface area contributed by atoms with Crippen molar-refractivity contribution in [1.82, 2.24) is 5.32 Å². The molecule has 0 bridgehead atoms. The van der Waals surface area contributed by atoms with Crippen LogP contribution in [0.1, 0.15) is 38.5 Å². The van der Waals surface area contributed by atoms with E-state index in [-0.39, 0.29) is 6.61 Å². The van der Waals surface area contributed by atoms with Gasteiger partial charge in [-0.05, 0) is 19.9 Å². The molecule has 96 valence electrons. The molecule has 1 saturated carbocycles. The molecule has 0 radical (unpaired) electrons. The average molecular weight is 247 g/mol. The quantitative estimate of drug-likeness (QED) is 0.687. The second-order valence-corrected chi connectivity index (χ2v) is 5.87. The van der Waals surface area contributed by atoms with Crippen molar-refractivity contribution in [2.45, 2.75) is 55.9 Å². The Morgan fingerprint density at radius 3 is 2.56 bits per heavy atom. The van der Waals surface area contributed by atoms with Crippen LogP contribution in [0.15, 0.2) is 0 Å². The van der Waals surface area contributed by atoms with E-state index in [4.69, 9.17) is 5.11 Å². The van der Waals surface area contributed by atoms with Crippen LogP contribution < -0.4 is 5.32 Å². The third-order valence-electron chi connectivity index (χ3n) is 3.29. The minimum absolute atomic E-state index is 0.121. The Labute approximate surface area is 103 Å². The minimum atomic E-state index is -0.562. The number of hydrogen-bond donors (Lipinski definition) is 3. The minimum Gasteiger partial charge on any atom is -0.394 e. The summed E-state index contributed by atoms with van der Waals surface area (Å²) in [5.74, 6) is 0.652. The van der Waals surface area contributed by atoms with Crippen LogP contribution in [-0.2, 0) is 0 Å². The average Bonchev–Trinajstić information content (AvgIpc) is 2.27. The molecule has 0 heterocycles. The fourth-order valence-corrected chi connectivity index (χ4v) is 3.68. The molecule has 0 aromatic rings. The van der Waals surface area contributed by atoms with Crippen molar-refractivity contribution in [2.24, 2.45) is 0 Å². The Morgan fingerprint density at radius 2 is 1.94 bits per heavy atom. The van der Waals surface area contributed by atoms with E-state index in [0.29, 0.717) is 17.0 Å². The second kappa shape index (κ2) is 8.34. The topological polar surface area (TPSA) is 52.5 Å². The van der Waals surface area contributed by atoms with Gasteiger partial charge < -0.3 is 15.5 Å². The number of thioether (sulfide) groups is 1. The van der Waals surface area contributed by atoms with Crippen molar-refractivity contribution in [3.05, 3.63) is 0 Å². The van der Waals surface area contributed by atoms with Crippen LogP contribution >= 0.6 is 11.8 Å². The zero-order valence-electron chi connectivity index (χ0n) is 10.2. The number of aliphatic hydroxyl groups excluding tert-OH is 2. The molecule has 1 fully saturated rings. The largest absolute Gasteiger partial charge is 0.394 e. The van der Waals surface area contributed by atoms with Gasteiger partial charge in [0.15, 0.2) is 0 Å². The summed E-state index contributed by atoms with van der Waals surface area (Å²) >= 11 is 1.81. The van der Waals surface area contributed by atoms with Crippen LogP contribution in [0.5, 0.6) is 0 Å². The van der Waals surface area contributed by atoms with Crippen molar-refractivity contribution in [1.29, 1.82) is 0 Å². The summed E-state index contributed by atoms with van der Waals surface area (Å²) < 4.78 is 0. The lowest BCUT2D eigenvalue weighted by molar-refractivity contribution is 0.113. The fraction of sp³-hybridized carbons (Fsp3) is 1.00. The van der Waals surface area contributed by atoms with Crippen LogP contribution in [0.2, 0.25) is 0 Å². The van der Waals surface area contributed by atoms with Crippen molar-refractivity contribution in [3.63, 3.8) is 0 Å². The molecule has 3 N–H and O–H groups in total. The van der Waals surface area contributed by atoms with Gasteiger partial charge in [0.1, 0.15) is 0 Å². The standard InChI is InChI=1S/C12H25NO2S/c1-13-11-6-4-2-3-5-7-12(11)16-9-10(15)8-14/h10-15H,2-9H2,1H3. The molecule has 4 heteroatoms. The second-order valence-electron chi connectivity index (χ2n) is 4.59. The summed E-state index contributed by atoms with van der Waals surface area (Å²) in [6, 6.07) is 0.566. The van der Waals surface area contributed by atoms with E-state index in [1.54, 1.807) is 0 Å². The summed E-state index contributed by atoms with van der Waals surface area (Å²) in [5, 5.41) is 22.2. The highest BCUT2D eigenvalue weighted by Crippen LogP contribution is 2.27. The molecule has 3 nitrogen and oxygen atoms in total. The first-order valence-corrected chi connectivity index (χ1v) is 7.40. The van der Waals surface area contributed by atoms with Crippen molar-refractivity contribution >= 4 is 11.8 Å². The van der Waals surface area contributed by atoms with E-state index in [0.717, 1.165) is 0 Å². The van der Waals surface area contributed by atoms with Gasteiger partial charge in [-0.1, -0.05) is 25.7 Å². The third kappa shape index (κ3) is 5.04. The molecule has 0 spiro atoms. The fourth-order valence-electron chi connectivity index (χ4n) is 2.27. The molecule has 3 unspecified atom stereocenters. The monoisotopic (exact) mass is 247 g/mol. The Hall–Kier alpha value is 0.230. The Balaban J connectivity index is 2.37. The Morgan fingerprint density at radius 1 is 1.25 bits per heavy atom. The van der Waals surface area contributed by atoms with Gasteiger partial charge >= 0.3 is 0 Å². The summed E-state index contributed by atoms with van der Waals surface area (Å²) in [4.78, 5) is 0. The van der Waals surface area contributed by atoms with Gasteiger partial charge in [0.05, 0.1) is 12.7 Å². The molecule has 0 aliphatic heterocycles. The Bertz CT molecular complexity index is 180. The van der Waals surface area contributed by atoms with Gasteiger partial charge in [-0.2, -0.15) is 11.8 Å². The summed E-state index contributed by atoms with van der Waals surface area (Å²) in [7, 11) is 2.03. The van der Waals surface area contributed by atoms with Crippen LogP contribution in [0.3, 0.4) is 0 Å². The van der Waals surface area contributed by atoms with E-state index < -0.39 is 6.10 Å². The maximum Gasteiger partial charge on any atom is 0.0861 e. The van der Waals surface area contributed by atoms with Gasteiger partial charge in [-0.25, -0.2) is 0 Å². The van der Waals surface area contributed by atoms with Crippen molar-refractivity contribution < 1.29 is 10.2 Å².